The van der Waals surface area contributed by atoms with Gasteiger partial charge in [0.2, 0.25) is 0 Å². The molecule has 1 aromatic carbocycles. The van der Waals surface area contributed by atoms with Crippen LogP contribution in [0.4, 0.5) is 0 Å². The number of rotatable bonds is 8. The van der Waals surface area contributed by atoms with E-state index in [1.165, 1.54) is 0 Å². The SMILES string of the molecule is CC(C)C/C=[N+](\[O-])[C@@H](COCc1ccccc1)C(C)C. The van der Waals surface area contributed by atoms with Crippen LogP contribution in [0.3, 0.4) is 0 Å². The Morgan fingerprint density at radius 2 is 1.80 bits per heavy atom. The van der Waals surface area contributed by atoms with Gasteiger partial charge in [0.15, 0.2) is 12.3 Å². The van der Waals surface area contributed by atoms with Gasteiger partial charge < -0.3 is 9.94 Å². The first kappa shape index (κ1) is 16.7. The summed E-state index contributed by atoms with van der Waals surface area (Å²) in [5.74, 6) is 0.774. The van der Waals surface area contributed by atoms with Gasteiger partial charge in [0, 0.05) is 12.3 Å². The third kappa shape index (κ3) is 6.20. The zero-order chi connectivity index (χ0) is 15.0. The van der Waals surface area contributed by atoms with Gasteiger partial charge in [-0.2, -0.15) is 0 Å². The van der Waals surface area contributed by atoms with Crippen molar-refractivity contribution in [2.75, 3.05) is 6.61 Å². The van der Waals surface area contributed by atoms with Gasteiger partial charge in [-0.05, 0) is 11.5 Å². The van der Waals surface area contributed by atoms with Crippen molar-refractivity contribution in [2.45, 2.75) is 46.8 Å². The molecule has 0 aliphatic heterocycles. The molecule has 112 valence electrons. The first-order chi connectivity index (χ1) is 9.50. The van der Waals surface area contributed by atoms with E-state index in [9.17, 15) is 5.21 Å². The van der Waals surface area contributed by atoms with Crippen molar-refractivity contribution < 1.29 is 9.48 Å². The van der Waals surface area contributed by atoms with Crippen LogP contribution in [-0.4, -0.2) is 23.6 Å². The lowest BCUT2D eigenvalue weighted by molar-refractivity contribution is -0.511. The lowest BCUT2D eigenvalue weighted by Crippen LogP contribution is -2.33. The molecule has 0 fully saturated rings. The molecule has 3 nitrogen and oxygen atoms in total. The van der Waals surface area contributed by atoms with Gasteiger partial charge in [-0.15, -0.1) is 0 Å². The van der Waals surface area contributed by atoms with Crippen LogP contribution in [0.1, 0.15) is 39.7 Å². The van der Waals surface area contributed by atoms with E-state index < -0.39 is 0 Å². The lowest BCUT2D eigenvalue weighted by atomic mass is 10.1. The van der Waals surface area contributed by atoms with Crippen molar-refractivity contribution in [2.24, 2.45) is 11.8 Å². The molecule has 0 aliphatic carbocycles. The lowest BCUT2D eigenvalue weighted by Gasteiger charge is -2.20. The molecular weight excluding hydrogens is 250 g/mol. The summed E-state index contributed by atoms with van der Waals surface area (Å²) in [6.07, 6.45) is 2.56. The fourth-order valence-electron chi connectivity index (χ4n) is 1.88. The Bertz CT molecular complexity index is 399. The summed E-state index contributed by atoms with van der Waals surface area (Å²) in [6.45, 7) is 9.36. The summed E-state index contributed by atoms with van der Waals surface area (Å²) in [5.41, 5.74) is 1.14. The first-order valence-corrected chi connectivity index (χ1v) is 7.41. The van der Waals surface area contributed by atoms with Crippen molar-refractivity contribution in [3.63, 3.8) is 0 Å². The highest BCUT2D eigenvalue weighted by atomic mass is 16.5. The summed E-state index contributed by atoms with van der Waals surface area (Å²) in [7, 11) is 0. The molecule has 0 N–H and O–H groups in total. The molecule has 0 aromatic heterocycles. The van der Waals surface area contributed by atoms with Crippen molar-refractivity contribution in [1.82, 2.24) is 0 Å². The van der Waals surface area contributed by atoms with Crippen LogP contribution >= 0.6 is 0 Å². The van der Waals surface area contributed by atoms with Crippen LogP contribution in [0.2, 0.25) is 0 Å². The Labute approximate surface area is 122 Å². The van der Waals surface area contributed by atoms with Crippen molar-refractivity contribution in [3.05, 3.63) is 41.1 Å². The molecule has 0 heterocycles. The van der Waals surface area contributed by atoms with Gasteiger partial charge in [0.1, 0.15) is 6.61 Å². The molecule has 0 unspecified atom stereocenters. The van der Waals surface area contributed by atoms with Crippen LogP contribution < -0.4 is 0 Å². The predicted molar refractivity (Wildman–Crippen MR) is 83.9 cm³/mol. The molecule has 3 heteroatoms. The molecule has 0 bridgehead atoms. The van der Waals surface area contributed by atoms with Gasteiger partial charge in [0.05, 0.1) is 6.61 Å². The zero-order valence-electron chi connectivity index (χ0n) is 13.1. The van der Waals surface area contributed by atoms with Crippen LogP contribution in [0.5, 0.6) is 0 Å². The molecule has 0 amide bonds. The quantitative estimate of drug-likeness (QED) is 0.313. The van der Waals surface area contributed by atoms with E-state index in [-0.39, 0.29) is 12.0 Å². The molecule has 0 radical (unpaired) electrons. The maximum absolute atomic E-state index is 12.1. The first-order valence-electron chi connectivity index (χ1n) is 7.41. The molecule has 0 saturated heterocycles. The second-order valence-corrected chi connectivity index (χ2v) is 5.98. The Morgan fingerprint density at radius 1 is 1.15 bits per heavy atom. The molecule has 1 aromatic rings. The van der Waals surface area contributed by atoms with E-state index in [0.29, 0.717) is 19.1 Å². The number of nitrogens with zero attached hydrogens (tertiary/aromatic N) is 1. The van der Waals surface area contributed by atoms with Crippen LogP contribution in [-0.2, 0) is 11.3 Å². The van der Waals surface area contributed by atoms with Gasteiger partial charge in [-0.1, -0.05) is 58.0 Å². The van der Waals surface area contributed by atoms with E-state index in [1.807, 2.05) is 30.3 Å². The molecule has 1 rings (SSSR count). The monoisotopic (exact) mass is 277 g/mol. The van der Waals surface area contributed by atoms with Crippen LogP contribution in [0.25, 0.3) is 0 Å². The van der Waals surface area contributed by atoms with E-state index >= 15 is 0 Å². The van der Waals surface area contributed by atoms with Gasteiger partial charge in [-0.3, -0.25) is 0 Å². The predicted octanol–water partition coefficient (Wildman–Crippen LogP) is 3.86. The summed E-state index contributed by atoms with van der Waals surface area (Å²) in [6, 6.07) is 9.93. The number of hydroxylamine groups is 1. The summed E-state index contributed by atoms with van der Waals surface area (Å²) in [4.78, 5) is 0. The number of hydrogen-bond donors (Lipinski definition) is 0. The highest BCUT2D eigenvalue weighted by molar-refractivity contribution is 5.51. The van der Waals surface area contributed by atoms with E-state index in [4.69, 9.17) is 4.74 Å². The summed E-state index contributed by atoms with van der Waals surface area (Å²) >= 11 is 0. The minimum absolute atomic E-state index is 0.113. The van der Waals surface area contributed by atoms with Gasteiger partial charge in [-0.25, -0.2) is 4.74 Å². The second kappa shape index (κ2) is 8.75. The maximum atomic E-state index is 12.1. The topological polar surface area (TPSA) is 35.3 Å². The van der Waals surface area contributed by atoms with Crippen LogP contribution in [0.15, 0.2) is 30.3 Å². The standard InChI is InChI=1S/C17H27NO2/c1-14(2)10-11-18(19)17(15(3)4)13-20-12-16-8-6-5-7-9-16/h5-9,11,14-15,17H,10,12-13H2,1-4H3/b18-11-/t17-/m0/s1. The highest BCUT2D eigenvalue weighted by Gasteiger charge is 2.21. The van der Waals surface area contributed by atoms with E-state index in [0.717, 1.165) is 16.7 Å². The molecule has 0 saturated carbocycles. The smallest absolute Gasteiger partial charge is 0.188 e. The second-order valence-electron chi connectivity index (χ2n) is 5.98. The Morgan fingerprint density at radius 3 is 2.35 bits per heavy atom. The van der Waals surface area contributed by atoms with Crippen molar-refractivity contribution in [1.29, 1.82) is 0 Å². The largest absolute Gasteiger partial charge is 0.624 e. The molecular formula is C17H27NO2. The summed E-state index contributed by atoms with van der Waals surface area (Å²) in [5, 5.41) is 12.1. The van der Waals surface area contributed by atoms with E-state index in [1.54, 1.807) is 6.21 Å². The Balaban J connectivity index is 2.49. The van der Waals surface area contributed by atoms with Crippen LogP contribution in [0, 0.1) is 17.0 Å². The Kier molecular flexibility index (Phi) is 7.31. The van der Waals surface area contributed by atoms with Crippen molar-refractivity contribution >= 4 is 6.21 Å². The number of ether oxygens (including phenoxy) is 1. The number of hydrogen-bond acceptors (Lipinski definition) is 2. The molecule has 0 aliphatic rings. The maximum Gasteiger partial charge on any atom is 0.188 e. The average Bonchev–Trinajstić information content (AvgIpc) is 2.41. The molecule has 1 atom stereocenters. The van der Waals surface area contributed by atoms with Crippen molar-refractivity contribution in [3.8, 4) is 0 Å². The van der Waals surface area contributed by atoms with Gasteiger partial charge >= 0.3 is 0 Å². The van der Waals surface area contributed by atoms with E-state index in [2.05, 4.69) is 27.7 Å². The Hall–Kier alpha value is -1.35. The summed E-state index contributed by atoms with van der Waals surface area (Å²) < 4.78 is 6.79. The normalized spacial score (nSPS) is 14.0. The average molecular weight is 277 g/mol. The number of benzene rings is 1. The minimum atomic E-state index is -0.113. The minimum Gasteiger partial charge on any atom is -0.624 e. The third-order valence-electron chi connectivity index (χ3n) is 3.25. The molecule has 0 spiro atoms. The fourth-order valence-corrected chi connectivity index (χ4v) is 1.88. The highest BCUT2D eigenvalue weighted by Crippen LogP contribution is 2.09. The zero-order valence-corrected chi connectivity index (χ0v) is 13.1. The fraction of sp³-hybridized carbons (Fsp3) is 0.588. The van der Waals surface area contributed by atoms with Gasteiger partial charge in [0.25, 0.3) is 0 Å². The third-order valence-corrected chi connectivity index (χ3v) is 3.25. The molecule has 20 heavy (non-hydrogen) atoms.